The Bertz CT molecular complexity index is 2980. The summed E-state index contributed by atoms with van der Waals surface area (Å²) in [6.07, 6.45) is 7.99. The predicted molar refractivity (Wildman–Crippen MR) is 222 cm³/mol. The Hall–Kier alpha value is -8.02. The van der Waals surface area contributed by atoms with Crippen molar-refractivity contribution in [2.75, 3.05) is 0 Å². The fourth-order valence-corrected chi connectivity index (χ4v) is 7.18. The SMILES string of the molecule is O=C(O)c1ccc(C#Cc2c3nc(c(-c4ccccc4)c4ccc([nH]4)c(-c4ccccc4)c4nc(c(-c5ccccc5)c5ccc2[nH]5)C=C4)C=C3)cc1C(=O)O. The normalized spacial score (nSPS) is 11.6. The molecular formula is C48H30N4O4. The zero-order chi connectivity index (χ0) is 38.2. The molecule has 56 heavy (non-hydrogen) atoms. The number of hydrogen-bond donors (Lipinski definition) is 4. The van der Waals surface area contributed by atoms with Crippen LogP contribution < -0.4 is 0 Å². The molecule has 0 unspecified atom stereocenters. The summed E-state index contributed by atoms with van der Waals surface area (Å²) in [5.74, 6) is 3.69. The van der Waals surface area contributed by atoms with Crippen LogP contribution in [0.2, 0.25) is 0 Å². The number of rotatable bonds is 5. The van der Waals surface area contributed by atoms with Gasteiger partial charge in [0, 0.05) is 38.8 Å². The van der Waals surface area contributed by atoms with Crippen LogP contribution in [0.5, 0.6) is 0 Å². The summed E-state index contributed by atoms with van der Waals surface area (Å²) in [5, 5.41) is 19.3. The summed E-state index contributed by atoms with van der Waals surface area (Å²) in [5.41, 5.74) is 12.2. The fourth-order valence-electron chi connectivity index (χ4n) is 7.18. The maximum atomic E-state index is 12.0. The second-order valence-electron chi connectivity index (χ2n) is 13.2. The van der Waals surface area contributed by atoms with Crippen LogP contribution in [0.25, 0.3) is 79.8 Å². The summed E-state index contributed by atoms with van der Waals surface area (Å²) in [7, 11) is 0. The Morgan fingerprint density at radius 3 is 1.32 bits per heavy atom. The van der Waals surface area contributed by atoms with E-state index in [4.69, 9.17) is 9.97 Å². The number of aromatic nitrogens is 4. The summed E-state index contributed by atoms with van der Waals surface area (Å²) in [6.45, 7) is 0. The van der Waals surface area contributed by atoms with E-state index in [1.54, 1.807) is 0 Å². The first-order valence-corrected chi connectivity index (χ1v) is 17.9. The number of hydrogen-bond acceptors (Lipinski definition) is 4. The topological polar surface area (TPSA) is 132 Å². The van der Waals surface area contributed by atoms with Gasteiger partial charge in [-0.05, 0) is 83.5 Å². The Kier molecular flexibility index (Phi) is 8.50. The molecule has 7 aromatic rings. The molecule has 9 rings (SSSR count). The maximum Gasteiger partial charge on any atom is 0.336 e. The van der Waals surface area contributed by atoms with Gasteiger partial charge in [0.2, 0.25) is 0 Å². The van der Waals surface area contributed by atoms with Gasteiger partial charge in [0.15, 0.2) is 0 Å². The van der Waals surface area contributed by atoms with E-state index in [2.05, 4.69) is 76.4 Å². The van der Waals surface area contributed by atoms with E-state index in [9.17, 15) is 19.8 Å². The first kappa shape index (κ1) is 33.8. The number of nitrogens with one attached hydrogen (secondary N) is 2. The Morgan fingerprint density at radius 2 is 0.857 bits per heavy atom. The molecule has 2 aliphatic rings. The molecular weight excluding hydrogens is 697 g/mol. The van der Waals surface area contributed by atoms with Gasteiger partial charge < -0.3 is 20.2 Å². The Balaban J connectivity index is 1.41. The van der Waals surface area contributed by atoms with Crippen LogP contribution in [0.15, 0.2) is 133 Å². The Labute approximate surface area is 320 Å². The molecule has 0 atom stereocenters. The molecule has 0 amide bonds. The van der Waals surface area contributed by atoms with Gasteiger partial charge in [0.25, 0.3) is 0 Å². The van der Waals surface area contributed by atoms with Crippen molar-refractivity contribution in [3.05, 3.63) is 178 Å². The molecule has 0 radical (unpaired) electrons. The van der Waals surface area contributed by atoms with E-state index >= 15 is 0 Å². The van der Waals surface area contributed by atoms with Crippen molar-refractivity contribution in [3.8, 4) is 45.2 Å². The van der Waals surface area contributed by atoms with Crippen LogP contribution in [-0.2, 0) is 0 Å². The van der Waals surface area contributed by atoms with Gasteiger partial charge in [-0.3, -0.25) is 0 Å². The lowest BCUT2D eigenvalue weighted by molar-refractivity contribution is 0.0651. The van der Waals surface area contributed by atoms with E-state index in [-0.39, 0.29) is 11.1 Å². The lowest BCUT2D eigenvalue weighted by Gasteiger charge is -2.06. The average molecular weight is 727 g/mol. The van der Waals surface area contributed by atoms with E-state index in [1.807, 2.05) is 85.0 Å². The molecule has 0 aliphatic carbocycles. The van der Waals surface area contributed by atoms with Crippen LogP contribution in [0.3, 0.4) is 0 Å². The highest BCUT2D eigenvalue weighted by molar-refractivity contribution is 6.02. The summed E-state index contributed by atoms with van der Waals surface area (Å²) in [4.78, 5) is 41.6. The molecule has 0 fully saturated rings. The maximum absolute atomic E-state index is 12.0. The van der Waals surface area contributed by atoms with Gasteiger partial charge in [-0.1, -0.05) is 103 Å². The molecule has 266 valence electrons. The van der Waals surface area contributed by atoms with Gasteiger partial charge in [-0.15, -0.1) is 0 Å². The van der Waals surface area contributed by atoms with Crippen LogP contribution >= 0.6 is 0 Å². The number of fused-ring (bicyclic) bond motifs is 8. The molecule has 4 N–H and O–H groups in total. The standard InChI is InChI=1S/C48H30N4O4/c53-47(54)33-18-16-29(28-35(33)48(55)56)17-19-34-36-20-22-38(49-36)44(30-10-4-1-5-11-30)40-24-26-42(51-40)46(32-14-8-3-9-15-32)43-27-25-41(52-43)45(31-12-6-2-7-13-31)39-23-21-37(34)50-39/h1-16,18,20-28,49,52H,(H,53,54)(H,55,56). The highest BCUT2D eigenvalue weighted by Gasteiger charge is 2.19. The minimum atomic E-state index is -1.35. The molecule has 8 heteroatoms. The van der Waals surface area contributed by atoms with Gasteiger partial charge in [0.1, 0.15) is 0 Å². The van der Waals surface area contributed by atoms with E-state index < -0.39 is 11.9 Å². The monoisotopic (exact) mass is 726 g/mol. The highest BCUT2D eigenvalue weighted by atomic mass is 16.4. The zero-order valence-corrected chi connectivity index (χ0v) is 29.6. The molecule has 5 heterocycles. The quantitative estimate of drug-likeness (QED) is 0.131. The third kappa shape index (κ3) is 6.25. The second-order valence-corrected chi connectivity index (χ2v) is 13.2. The van der Waals surface area contributed by atoms with Crippen molar-refractivity contribution in [3.63, 3.8) is 0 Å². The van der Waals surface area contributed by atoms with Gasteiger partial charge in [0.05, 0.1) is 45.0 Å². The average Bonchev–Trinajstić information content (AvgIpc) is 4.07. The number of carboxylic acids is 2. The largest absolute Gasteiger partial charge is 0.478 e. The van der Waals surface area contributed by atoms with Gasteiger partial charge in [-0.2, -0.15) is 0 Å². The first-order valence-electron chi connectivity index (χ1n) is 17.9. The first-order chi connectivity index (χ1) is 27.4. The number of aromatic amines is 2. The van der Waals surface area contributed by atoms with Crippen LogP contribution in [0.1, 0.15) is 54.6 Å². The van der Waals surface area contributed by atoms with Crippen LogP contribution in [0.4, 0.5) is 0 Å². The lowest BCUT2D eigenvalue weighted by atomic mass is 10.0. The van der Waals surface area contributed by atoms with Crippen molar-refractivity contribution in [2.45, 2.75) is 0 Å². The third-order valence-electron chi connectivity index (χ3n) is 9.75. The molecule has 2 aliphatic heterocycles. The fraction of sp³-hybridized carbons (Fsp3) is 0. The van der Waals surface area contributed by atoms with Crippen LogP contribution in [0, 0.1) is 11.8 Å². The zero-order valence-electron chi connectivity index (χ0n) is 29.6. The lowest BCUT2D eigenvalue weighted by Crippen LogP contribution is -2.08. The number of H-pyrrole nitrogens is 2. The number of carboxylic acid groups (broad SMARTS) is 2. The van der Waals surface area contributed by atoms with Crippen molar-refractivity contribution in [1.29, 1.82) is 0 Å². The minimum absolute atomic E-state index is 0.310. The molecule has 3 aromatic heterocycles. The summed E-state index contributed by atoms with van der Waals surface area (Å²) < 4.78 is 0. The van der Waals surface area contributed by atoms with Crippen molar-refractivity contribution < 1.29 is 19.8 Å². The number of carbonyl (C=O) groups is 2. The van der Waals surface area contributed by atoms with E-state index in [0.29, 0.717) is 22.3 Å². The molecule has 8 nitrogen and oxygen atoms in total. The molecule has 0 saturated heterocycles. The van der Waals surface area contributed by atoms with Crippen LogP contribution in [-0.4, -0.2) is 42.1 Å². The number of benzene rings is 4. The van der Waals surface area contributed by atoms with E-state index in [1.165, 1.54) is 18.2 Å². The second kappa shape index (κ2) is 14.1. The summed E-state index contributed by atoms with van der Waals surface area (Å²) in [6, 6.07) is 42.6. The van der Waals surface area contributed by atoms with Crippen molar-refractivity contribution >= 4 is 58.3 Å². The van der Waals surface area contributed by atoms with E-state index in [0.717, 1.165) is 67.0 Å². The van der Waals surface area contributed by atoms with Crippen molar-refractivity contribution in [2.24, 2.45) is 0 Å². The molecule has 8 bridgehead atoms. The van der Waals surface area contributed by atoms with Crippen molar-refractivity contribution in [1.82, 2.24) is 19.9 Å². The third-order valence-corrected chi connectivity index (χ3v) is 9.75. The Morgan fingerprint density at radius 1 is 0.446 bits per heavy atom. The highest BCUT2D eigenvalue weighted by Crippen LogP contribution is 2.36. The number of nitrogens with zero attached hydrogens (tertiary/aromatic N) is 2. The van der Waals surface area contributed by atoms with Gasteiger partial charge >= 0.3 is 11.9 Å². The smallest absolute Gasteiger partial charge is 0.336 e. The minimum Gasteiger partial charge on any atom is -0.478 e. The molecule has 0 saturated carbocycles. The molecule has 0 spiro atoms. The molecule has 4 aromatic carbocycles. The summed E-state index contributed by atoms with van der Waals surface area (Å²) >= 11 is 0. The number of aromatic carboxylic acids is 2. The van der Waals surface area contributed by atoms with Gasteiger partial charge in [-0.25, -0.2) is 19.6 Å². The predicted octanol–water partition coefficient (Wildman–Crippen LogP) is 10.5.